The number of anilines is 1. The number of nitrogens with one attached hydrogen (secondary N) is 1. The summed E-state index contributed by atoms with van der Waals surface area (Å²) in [7, 11) is 1.44. The van der Waals surface area contributed by atoms with Gasteiger partial charge in [0.2, 0.25) is 5.43 Å². The highest BCUT2D eigenvalue weighted by Gasteiger charge is 2.21. The van der Waals surface area contributed by atoms with Crippen molar-refractivity contribution in [3.8, 4) is 0 Å². The van der Waals surface area contributed by atoms with E-state index in [1.165, 1.54) is 19.2 Å². The minimum absolute atomic E-state index is 0.0206. The number of halogens is 1. The van der Waals surface area contributed by atoms with Gasteiger partial charge in [-0.1, -0.05) is 17.7 Å². The van der Waals surface area contributed by atoms with Crippen molar-refractivity contribution in [1.82, 2.24) is 19.9 Å². The van der Waals surface area contributed by atoms with Crippen molar-refractivity contribution in [3.05, 3.63) is 63.2 Å². The molecule has 3 aromatic rings. The molecule has 0 bridgehead atoms. The third-order valence-corrected chi connectivity index (χ3v) is 3.83. The Morgan fingerprint density at radius 3 is 2.79 bits per heavy atom. The van der Waals surface area contributed by atoms with Crippen LogP contribution in [0.2, 0.25) is 5.15 Å². The number of hydrogen-bond acceptors (Lipinski definition) is 5. The van der Waals surface area contributed by atoms with Crippen LogP contribution in [0.15, 0.2) is 41.3 Å². The van der Waals surface area contributed by atoms with Gasteiger partial charge in [0.1, 0.15) is 22.2 Å². The van der Waals surface area contributed by atoms with Crippen molar-refractivity contribution in [3.63, 3.8) is 0 Å². The number of rotatable bonds is 3. The predicted octanol–water partition coefficient (Wildman–Crippen LogP) is 1.43. The molecule has 0 fully saturated rings. The maximum Gasteiger partial charge on any atom is 0.258 e. The second-order valence-electron chi connectivity index (χ2n) is 5.08. The lowest BCUT2D eigenvalue weighted by Crippen LogP contribution is -2.30. The SMILES string of the molecule is CNC(=O)c1c(N)n(Cc2ccccn2)c2nc(Cl)ccc2c1=O. The summed E-state index contributed by atoms with van der Waals surface area (Å²) < 4.78 is 1.56. The second kappa shape index (κ2) is 6.29. The first-order valence-corrected chi connectivity index (χ1v) is 7.51. The molecule has 0 spiro atoms. The van der Waals surface area contributed by atoms with Gasteiger partial charge < -0.3 is 15.6 Å². The van der Waals surface area contributed by atoms with Crippen LogP contribution >= 0.6 is 11.6 Å². The van der Waals surface area contributed by atoms with Crippen LogP contribution in [0.5, 0.6) is 0 Å². The van der Waals surface area contributed by atoms with Gasteiger partial charge in [-0.2, -0.15) is 0 Å². The van der Waals surface area contributed by atoms with Crippen molar-refractivity contribution >= 4 is 34.4 Å². The maximum absolute atomic E-state index is 12.6. The van der Waals surface area contributed by atoms with E-state index in [1.807, 2.05) is 12.1 Å². The van der Waals surface area contributed by atoms with E-state index in [0.717, 1.165) is 0 Å². The molecule has 3 rings (SSSR count). The first kappa shape index (κ1) is 15.9. The van der Waals surface area contributed by atoms with Crippen LogP contribution in [-0.2, 0) is 6.54 Å². The molecule has 0 saturated heterocycles. The van der Waals surface area contributed by atoms with E-state index in [2.05, 4.69) is 15.3 Å². The van der Waals surface area contributed by atoms with Crippen LogP contribution in [0.25, 0.3) is 11.0 Å². The molecular formula is C16H14ClN5O2. The molecule has 0 aromatic carbocycles. The van der Waals surface area contributed by atoms with E-state index in [9.17, 15) is 9.59 Å². The van der Waals surface area contributed by atoms with Gasteiger partial charge in [-0.25, -0.2) is 4.98 Å². The van der Waals surface area contributed by atoms with Crippen LogP contribution in [0.4, 0.5) is 5.82 Å². The predicted molar refractivity (Wildman–Crippen MR) is 92.2 cm³/mol. The summed E-state index contributed by atoms with van der Waals surface area (Å²) in [5.74, 6) is -0.531. The summed E-state index contributed by atoms with van der Waals surface area (Å²) in [6.45, 7) is 0.251. The molecule has 0 aliphatic rings. The fourth-order valence-electron chi connectivity index (χ4n) is 2.47. The Labute approximate surface area is 142 Å². The Balaban J connectivity index is 2.34. The molecule has 3 heterocycles. The van der Waals surface area contributed by atoms with E-state index in [4.69, 9.17) is 17.3 Å². The molecule has 8 heteroatoms. The maximum atomic E-state index is 12.6. The van der Waals surface area contributed by atoms with Crippen molar-refractivity contribution in [2.45, 2.75) is 6.54 Å². The zero-order valence-electron chi connectivity index (χ0n) is 12.8. The molecule has 122 valence electrons. The van der Waals surface area contributed by atoms with Crippen LogP contribution < -0.4 is 16.5 Å². The van der Waals surface area contributed by atoms with Gasteiger partial charge in [0.15, 0.2) is 0 Å². The Kier molecular flexibility index (Phi) is 4.18. The lowest BCUT2D eigenvalue weighted by atomic mass is 10.1. The third-order valence-electron chi connectivity index (χ3n) is 3.62. The standard InChI is InChI=1S/C16H14ClN5O2/c1-19-16(24)12-13(23)10-5-6-11(17)21-15(10)22(14(12)18)8-9-4-2-3-7-20-9/h2-7H,8,18H2,1H3,(H,19,24). The number of carbonyl (C=O) groups is 1. The Hall–Kier alpha value is -2.93. The first-order chi connectivity index (χ1) is 11.5. The van der Waals surface area contributed by atoms with Gasteiger partial charge >= 0.3 is 0 Å². The Morgan fingerprint density at radius 2 is 2.12 bits per heavy atom. The van der Waals surface area contributed by atoms with Gasteiger partial charge in [-0.15, -0.1) is 0 Å². The van der Waals surface area contributed by atoms with Crippen LogP contribution in [0, 0.1) is 0 Å². The minimum Gasteiger partial charge on any atom is -0.384 e. The minimum atomic E-state index is -0.552. The molecule has 0 atom stereocenters. The summed E-state index contributed by atoms with van der Waals surface area (Å²) in [5.41, 5.74) is 6.53. The highest BCUT2D eigenvalue weighted by atomic mass is 35.5. The molecular weight excluding hydrogens is 330 g/mol. The monoisotopic (exact) mass is 343 g/mol. The van der Waals surface area contributed by atoms with E-state index >= 15 is 0 Å². The summed E-state index contributed by atoms with van der Waals surface area (Å²) in [5, 5.41) is 2.93. The molecule has 7 nitrogen and oxygen atoms in total. The van der Waals surface area contributed by atoms with Crippen molar-refractivity contribution in [2.24, 2.45) is 0 Å². The fraction of sp³-hybridized carbons (Fsp3) is 0.125. The smallest absolute Gasteiger partial charge is 0.258 e. The number of pyridine rings is 3. The summed E-state index contributed by atoms with van der Waals surface area (Å²) in [4.78, 5) is 33.2. The van der Waals surface area contributed by atoms with Crippen LogP contribution in [-0.4, -0.2) is 27.5 Å². The zero-order chi connectivity index (χ0) is 17.3. The van der Waals surface area contributed by atoms with Crippen molar-refractivity contribution in [2.75, 3.05) is 12.8 Å². The van der Waals surface area contributed by atoms with E-state index in [-0.39, 0.29) is 28.5 Å². The largest absolute Gasteiger partial charge is 0.384 e. The first-order valence-electron chi connectivity index (χ1n) is 7.13. The molecule has 0 saturated carbocycles. The van der Waals surface area contributed by atoms with E-state index < -0.39 is 11.3 Å². The Morgan fingerprint density at radius 1 is 1.33 bits per heavy atom. The molecule has 0 aliphatic carbocycles. The molecule has 1 amide bonds. The van der Waals surface area contributed by atoms with Crippen LogP contribution in [0.1, 0.15) is 16.1 Å². The molecule has 3 aromatic heterocycles. The third kappa shape index (κ3) is 2.69. The lowest BCUT2D eigenvalue weighted by Gasteiger charge is -2.16. The number of nitrogen functional groups attached to an aromatic ring is 1. The second-order valence-corrected chi connectivity index (χ2v) is 5.47. The van der Waals surface area contributed by atoms with Gasteiger partial charge in [0.05, 0.1) is 17.6 Å². The summed E-state index contributed by atoms with van der Waals surface area (Å²) in [6, 6.07) is 8.48. The summed E-state index contributed by atoms with van der Waals surface area (Å²) >= 11 is 5.97. The zero-order valence-corrected chi connectivity index (χ0v) is 13.5. The number of carbonyl (C=O) groups excluding carboxylic acids is 1. The van der Waals surface area contributed by atoms with Gasteiger partial charge in [-0.05, 0) is 24.3 Å². The highest BCUT2D eigenvalue weighted by molar-refractivity contribution is 6.29. The number of aromatic nitrogens is 3. The van der Waals surface area contributed by atoms with Gasteiger partial charge in [0.25, 0.3) is 5.91 Å². The number of hydrogen-bond donors (Lipinski definition) is 2. The average molecular weight is 344 g/mol. The van der Waals surface area contributed by atoms with Gasteiger partial charge in [-0.3, -0.25) is 14.6 Å². The molecule has 0 radical (unpaired) electrons. The lowest BCUT2D eigenvalue weighted by molar-refractivity contribution is 0.0962. The van der Waals surface area contributed by atoms with Gasteiger partial charge in [0, 0.05) is 13.2 Å². The fourth-order valence-corrected chi connectivity index (χ4v) is 2.61. The van der Waals surface area contributed by atoms with Crippen molar-refractivity contribution in [1.29, 1.82) is 0 Å². The summed E-state index contributed by atoms with van der Waals surface area (Å²) in [6.07, 6.45) is 1.65. The van der Waals surface area contributed by atoms with Crippen molar-refractivity contribution < 1.29 is 4.79 Å². The normalized spacial score (nSPS) is 10.8. The topological polar surface area (TPSA) is 103 Å². The quantitative estimate of drug-likeness (QED) is 0.700. The molecule has 0 aliphatic heterocycles. The highest BCUT2D eigenvalue weighted by Crippen LogP contribution is 2.20. The van der Waals surface area contributed by atoms with Crippen LogP contribution in [0.3, 0.4) is 0 Å². The number of nitrogens with two attached hydrogens (primary N) is 1. The van der Waals surface area contributed by atoms with E-state index in [0.29, 0.717) is 11.3 Å². The number of nitrogens with zero attached hydrogens (tertiary/aromatic N) is 3. The molecule has 0 unspecified atom stereocenters. The van der Waals surface area contributed by atoms with E-state index in [1.54, 1.807) is 16.8 Å². The number of fused-ring (bicyclic) bond motifs is 1. The molecule has 24 heavy (non-hydrogen) atoms. The average Bonchev–Trinajstić information content (AvgIpc) is 2.59. The Bertz CT molecular complexity index is 985. The molecule has 3 N–H and O–H groups in total. The number of amides is 1.